The number of rotatable bonds is 11. The minimum atomic E-state index is -1.52. The Bertz CT molecular complexity index is 1220. The van der Waals surface area contributed by atoms with Crippen LogP contribution in [-0.4, -0.2) is 64.9 Å². The van der Waals surface area contributed by atoms with Gasteiger partial charge in [0.25, 0.3) is 0 Å². The van der Waals surface area contributed by atoms with E-state index in [9.17, 15) is 24.6 Å². The second-order valence-electron chi connectivity index (χ2n) is 9.33. The molecule has 8 nitrogen and oxygen atoms in total. The van der Waals surface area contributed by atoms with Crippen LogP contribution in [0.4, 0.5) is 4.79 Å². The van der Waals surface area contributed by atoms with E-state index in [2.05, 4.69) is 23.5 Å². The number of carboxylic acids is 1. The number of nitrogens with one attached hydrogen (secondary N) is 1. The van der Waals surface area contributed by atoms with Crippen LogP contribution < -0.4 is 5.32 Å². The zero-order valence-electron chi connectivity index (χ0n) is 21.4. The summed E-state index contributed by atoms with van der Waals surface area (Å²) in [5, 5.41) is 24.7. The third-order valence-electron chi connectivity index (χ3n) is 5.91. The number of hydrogen-bond donors (Lipinski definition) is 3. The summed E-state index contributed by atoms with van der Waals surface area (Å²) < 4.78 is 4.81. The molecule has 0 aliphatic heterocycles. The molecular formula is C29H34N2O6. The van der Waals surface area contributed by atoms with Crippen molar-refractivity contribution in [3.8, 4) is 11.1 Å². The average molecular weight is 507 g/mol. The molecule has 3 aromatic rings. The smallest absolute Gasteiger partial charge is 0.336 e. The number of aliphatic hydroxyl groups is 1. The Balaban J connectivity index is 1.72. The number of amides is 2. The monoisotopic (exact) mass is 506 g/mol. The fraction of sp³-hybridized carbons (Fsp3) is 0.345. The molecule has 0 heterocycles. The molecule has 0 bridgehead atoms. The van der Waals surface area contributed by atoms with E-state index in [1.165, 1.54) is 4.90 Å². The first-order valence-corrected chi connectivity index (χ1v) is 12.4. The molecule has 0 aliphatic rings. The molecule has 0 saturated heterocycles. The number of aliphatic hydroxyl groups excluding tert-OH is 1. The van der Waals surface area contributed by atoms with Crippen molar-refractivity contribution in [2.24, 2.45) is 5.92 Å². The Morgan fingerprint density at radius 3 is 2.27 bits per heavy atom. The van der Waals surface area contributed by atoms with Crippen LogP contribution in [-0.2, 0) is 20.7 Å². The molecule has 196 valence electrons. The van der Waals surface area contributed by atoms with E-state index in [1.807, 2.05) is 62.4 Å². The Morgan fingerprint density at radius 2 is 1.62 bits per heavy atom. The van der Waals surface area contributed by atoms with Gasteiger partial charge in [-0.3, -0.25) is 0 Å². The van der Waals surface area contributed by atoms with Crippen molar-refractivity contribution >= 4 is 28.7 Å². The van der Waals surface area contributed by atoms with Gasteiger partial charge in [0.15, 0.2) is 6.10 Å². The fourth-order valence-corrected chi connectivity index (χ4v) is 4.18. The largest absolute Gasteiger partial charge is 0.480 e. The Hall–Kier alpha value is -3.91. The summed E-state index contributed by atoms with van der Waals surface area (Å²) in [6.45, 7) is 5.41. The van der Waals surface area contributed by atoms with E-state index in [-0.39, 0.29) is 32.0 Å². The van der Waals surface area contributed by atoms with Crippen LogP contribution in [0, 0.1) is 5.92 Å². The first-order valence-electron chi connectivity index (χ1n) is 12.4. The zero-order chi connectivity index (χ0) is 26.9. The van der Waals surface area contributed by atoms with Gasteiger partial charge in [-0.2, -0.15) is 0 Å². The number of esters is 1. The zero-order valence-corrected chi connectivity index (χ0v) is 21.4. The maximum absolute atomic E-state index is 13.0. The van der Waals surface area contributed by atoms with E-state index >= 15 is 0 Å². The molecule has 0 fully saturated rings. The molecule has 8 heteroatoms. The lowest BCUT2D eigenvalue weighted by molar-refractivity contribution is -0.153. The third kappa shape index (κ3) is 7.54. The molecule has 37 heavy (non-hydrogen) atoms. The molecule has 0 aliphatic carbocycles. The number of aliphatic carboxylic acids is 1. The molecule has 1 unspecified atom stereocenters. The van der Waals surface area contributed by atoms with Crippen LogP contribution in [0.5, 0.6) is 0 Å². The first-order chi connectivity index (χ1) is 17.7. The highest BCUT2D eigenvalue weighted by Gasteiger charge is 2.28. The third-order valence-corrected chi connectivity index (χ3v) is 5.91. The van der Waals surface area contributed by atoms with E-state index in [0.29, 0.717) is 0 Å². The summed E-state index contributed by atoms with van der Waals surface area (Å²) in [7, 11) is 0. The lowest BCUT2D eigenvalue weighted by atomic mass is 9.96. The van der Waals surface area contributed by atoms with Crippen LogP contribution in [0.25, 0.3) is 21.9 Å². The lowest BCUT2D eigenvalue weighted by Gasteiger charge is -2.28. The number of ether oxygens (including phenoxy) is 1. The van der Waals surface area contributed by atoms with Crippen molar-refractivity contribution in [3.05, 3.63) is 72.3 Å². The second kappa shape index (κ2) is 12.9. The molecule has 0 saturated carbocycles. The van der Waals surface area contributed by atoms with Crippen molar-refractivity contribution in [1.29, 1.82) is 0 Å². The second-order valence-corrected chi connectivity index (χ2v) is 9.33. The lowest BCUT2D eigenvalue weighted by Crippen LogP contribution is -2.52. The van der Waals surface area contributed by atoms with Gasteiger partial charge in [0.1, 0.15) is 6.04 Å². The summed E-state index contributed by atoms with van der Waals surface area (Å²) >= 11 is 0. The number of fused-ring (bicyclic) bond motifs is 1. The van der Waals surface area contributed by atoms with Gasteiger partial charge in [0.2, 0.25) is 0 Å². The van der Waals surface area contributed by atoms with Crippen LogP contribution in [0.2, 0.25) is 0 Å². The Kier molecular flexibility index (Phi) is 9.63. The maximum Gasteiger partial charge on any atom is 0.336 e. The SMILES string of the molecule is CCOC(=O)C(O)CN(CC(C)C)C(=O)N[C@@H](Cc1ccc(-c2cccc3ccccc23)cc1)C(=O)O. The summed E-state index contributed by atoms with van der Waals surface area (Å²) in [6.07, 6.45) is -1.44. The van der Waals surface area contributed by atoms with Crippen molar-refractivity contribution in [2.75, 3.05) is 19.7 Å². The minimum Gasteiger partial charge on any atom is -0.480 e. The number of urea groups is 1. The van der Waals surface area contributed by atoms with Crippen molar-refractivity contribution in [2.45, 2.75) is 39.3 Å². The quantitative estimate of drug-likeness (QED) is 0.337. The number of carbonyl (C=O) groups is 3. The fourth-order valence-electron chi connectivity index (χ4n) is 4.18. The predicted molar refractivity (Wildman–Crippen MR) is 142 cm³/mol. The molecule has 3 aromatic carbocycles. The molecule has 2 amide bonds. The number of hydrogen-bond acceptors (Lipinski definition) is 5. The van der Waals surface area contributed by atoms with Gasteiger partial charge < -0.3 is 25.2 Å². The van der Waals surface area contributed by atoms with Crippen LogP contribution in [0.15, 0.2) is 66.7 Å². The van der Waals surface area contributed by atoms with Gasteiger partial charge in [0.05, 0.1) is 13.2 Å². The highest BCUT2D eigenvalue weighted by Crippen LogP contribution is 2.28. The van der Waals surface area contributed by atoms with Gasteiger partial charge >= 0.3 is 18.0 Å². The highest BCUT2D eigenvalue weighted by atomic mass is 16.5. The molecule has 3 N–H and O–H groups in total. The molecule has 2 atom stereocenters. The molecule has 0 spiro atoms. The van der Waals surface area contributed by atoms with E-state index < -0.39 is 30.1 Å². The van der Waals surface area contributed by atoms with Crippen LogP contribution >= 0.6 is 0 Å². The van der Waals surface area contributed by atoms with Gasteiger partial charge in [-0.25, -0.2) is 14.4 Å². The predicted octanol–water partition coefficient (Wildman–Crippen LogP) is 4.09. The molecule has 3 rings (SSSR count). The summed E-state index contributed by atoms with van der Waals surface area (Å²) in [6, 6.07) is 20.0. The molecule has 0 radical (unpaired) electrons. The van der Waals surface area contributed by atoms with E-state index in [0.717, 1.165) is 27.5 Å². The Morgan fingerprint density at radius 1 is 0.946 bits per heavy atom. The van der Waals surface area contributed by atoms with Crippen molar-refractivity contribution in [1.82, 2.24) is 10.2 Å². The number of nitrogens with zero attached hydrogens (tertiary/aromatic N) is 1. The first kappa shape index (κ1) is 27.7. The van der Waals surface area contributed by atoms with Crippen LogP contribution in [0.1, 0.15) is 26.3 Å². The number of carbonyl (C=O) groups excluding carboxylic acids is 2. The summed E-state index contributed by atoms with van der Waals surface area (Å²) in [5.41, 5.74) is 2.84. The maximum atomic E-state index is 13.0. The number of benzene rings is 3. The highest BCUT2D eigenvalue weighted by molar-refractivity contribution is 5.96. The average Bonchev–Trinajstić information content (AvgIpc) is 2.87. The molecule has 0 aromatic heterocycles. The minimum absolute atomic E-state index is 0.0324. The van der Waals surface area contributed by atoms with Crippen molar-refractivity contribution < 1.29 is 29.3 Å². The van der Waals surface area contributed by atoms with Crippen LogP contribution in [0.3, 0.4) is 0 Å². The van der Waals surface area contributed by atoms with Gasteiger partial charge in [0, 0.05) is 13.0 Å². The summed E-state index contributed by atoms with van der Waals surface area (Å²) in [5.74, 6) is -1.97. The topological polar surface area (TPSA) is 116 Å². The summed E-state index contributed by atoms with van der Waals surface area (Å²) in [4.78, 5) is 38.0. The van der Waals surface area contributed by atoms with E-state index in [1.54, 1.807) is 6.92 Å². The van der Waals surface area contributed by atoms with E-state index in [4.69, 9.17) is 4.74 Å². The van der Waals surface area contributed by atoms with Gasteiger partial charge in [-0.05, 0) is 40.3 Å². The Labute approximate surface area is 216 Å². The van der Waals surface area contributed by atoms with Gasteiger partial charge in [-0.1, -0.05) is 80.6 Å². The van der Waals surface area contributed by atoms with Gasteiger partial charge in [-0.15, -0.1) is 0 Å². The standard InChI is InChI=1S/C29H34N2O6/c1-4-37-28(35)26(32)18-31(17-19(2)3)29(36)30-25(27(33)34)16-20-12-14-22(15-13-20)24-11-7-9-21-8-5-6-10-23(21)24/h5-15,19,25-26,32H,4,16-18H2,1-3H3,(H,30,36)(H,33,34)/t25-,26?/m0/s1. The normalized spacial score (nSPS) is 12.7. The molecular weight excluding hydrogens is 472 g/mol. The number of carboxylic acid groups (broad SMARTS) is 1. The van der Waals surface area contributed by atoms with Crippen molar-refractivity contribution in [3.63, 3.8) is 0 Å².